The van der Waals surface area contributed by atoms with Crippen molar-refractivity contribution in [2.24, 2.45) is 0 Å². The summed E-state index contributed by atoms with van der Waals surface area (Å²) >= 11 is 0. The monoisotopic (exact) mass is 410 g/mol. The molecule has 0 saturated heterocycles. The number of benzene rings is 2. The van der Waals surface area contributed by atoms with Crippen LogP contribution in [-0.4, -0.2) is 12.2 Å². The average molecular weight is 410 g/mol. The van der Waals surface area contributed by atoms with Gasteiger partial charge in [-0.2, -0.15) is 0 Å². The van der Waals surface area contributed by atoms with Gasteiger partial charge in [-0.15, -0.1) is 0 Å². The maximum absolute atomic E-state index is 13.5. The second kappa shape index (κ2) is 9.82. The molecule has 0 heterocycles. The summed E-state index contributed by atoms with van der Waals surface area (Å²) < 4.78 is 44.0. The SMILES string of the molecule is CC(C)OP(=O)(Cc1ccccc1)OP(=O)(Cc1ccccc1)OC(C)C. The average Bonchev–Trinajstić information content (AvgIpc) is 2.54. The Kier molecular flexibility index (Phi) is 8.03. The van der Waals surface area contributed by atoms with E-state index in [2.05, 4.69) is 0 Å². The van der Waals surface area contributed by atoms with Crippen LogP contribution in [0.15, 0.2) is 60.7 Å². The molecule has 2 unspecified atom stereocenters. The molecule has 7 heteroatoms. The molecule has 148 valence electrons. The minimum absolute atomic E-state index is 0.0340. The van der Waals surface area contributed by atoms with Crippen LogP contribution in [0.4, 0.5) is 0 Å². The summed E-state index contributed by atoms with van der Waals surface area (Å²) in [5.41, 5.74) is 1.58. The first kappa shape index (κ1) is 22.1. The third-order valence-corrected chi connectivity index (χ3v) is 8.41. The van der Waals surface area contributed by atoms with Crippen LogP contribution in [0.5, 0.6) is 0 Å². The van der Waals surface area contributed by atoms with Gasteiger partial charge in [-0.1, -0.05) is 60.7 Å². The van der Waals surface area contributed by atoms with Crippen molar-refractivity contribution in [2.45, 2.75) is 52.2 Å². The molecule has 0 aliphatic heterocycles. The van der Waals surface area contributed by atoms with Crippen molar-refractivity contribution < 1.29 is 22.5 Å². The second-order valence-electron chi connectivity index (χ2n) is 6.90. The van der Waals surface area contributed by atoms with Crippen molar-refractivity contribution >= 4 is 15.2 Å². The van der Waals surface area contributed by atoms with E-state index >= 15 is 0 Å². The third kappa shape index (κ3) is 7.73. The third-order valence-electron chi connectivity index (χ3n) is 3.43. The minimum atomic E-state index is -3.70. The molecule has 0 radical (unpaired) electrons. The summed E-state index contributed by atoms with van der Waals surface area (Å²) in [5, 5.41) is 0. The van der Waals surface area contributed by atoms with Gasteiger partial charge in [0.15, 0.2) is 0 Å². The van der Waals surface area contributed by atoms with Gasteiger partial charge in [-0.25, -0.2) is 4.31 Å². The van der Waals surface area contributed by atoms with Gasteiger partial charge >= 0.3 is 15.2 Å². The predicted octanol–water partition coefficient (Wildman–Crippen LogP) is 6.64. The Bertz CT molecular complexity index is 723. The second-order valence-corrected chi connectivity index (χ2v) is 11.1. The van der Waals surface area contributed by atoms with Crippen LogP contribution in [0.25, 0.3) is 0 Å². The molecule has 0 N–H and O–H groups in total. The molecule has 0 spiro atoms. The molecule has 0 saturated carbocycles. The highest BCUT2D eigenvalue weighted by Crippen LogP contribution is 2.68. The Morgan fingerprint density at radius 3 is 1.30 bits per heavy atom. The summed E-state index contributed by atoms with van der Waals surface area (Å²) in [6.07, 6.45) is -0.619. The largest absolute Gasteiger partial charge is 0.342 e. The molecule has 27 heavy (non-hydrogen) atoms. The normalized spacial score (nSPS) is 16.2. The van der Waals surface area contributed by atoms with Crippen LogP contribution in [0.1, 0.15) is 38.8 Å². The summed E-state index contributed by atoms with van der Waals surface area (Å²) in [4.78, 5) is 0. The molecule has 0 fully saturated rings. The standard InChI is InChI=1S/C20H28O5P2/c1-17(2)23-26(21,15-19-11-7-5-8-12-19)25-27(22,24-18(3)4)16-20-13-9-6-10-14-20/h5-14,17-18H,15-16H2,1-4H3. The molecule has 0 aliphatic rings. The van der Waals surface area contributed by atoms with Gasteiger partial charge in [0.1, 0.15) is 0 Å². The molecular formula is C20H28O5P2. The van der Waals surface area contributed by atoms with E-state index in [0.717, 1.165) is 11.1 Å². The molecule has 2 aromatic carbocycles. The van der Waals surface area contributed by atoms with Gasteiger partial charge in [0, 0.05) is 0 Å². The fourth-order valence-electron chi connectivity index (χ4n) is 2.62. The number of hydrogen-bond acceptors (Lipinski definition) is 5. The fourth-order valence-corrected chi connectivity index (χ4v) is 7.65. The first-order chi connectivity index (χ1) is 12.7. The fraction of sp³-hybridized carbons (Fsp3) is 0.400. The molecule has 0 amide bonds. The number of hydrogen-bond donors (Lipinski definition) is 0. The van der Waals surface area contributed by atoms with Crippen LogP contribution < -0.4 is 0 Å². The lowest BCUT2D eigenvalue weighted by molar-refractivity contribution is 0.175. The Balaban J connectivity index is 2.31. The van der Waals surface area contributed by atoms with E-state index in [9.17, 15) is 9.13 Å². The van der Waals surface area contributed by atoms with Crippen molar-refractivity contribution in [3.05, 3.63) is 71.8 Å². The lowest BCUT2D eigenvalue weighted by Crippen LogP contribution is -2.09. The zero-order chi connectivity index (χ0) is 19.9. The highest BCUT2D eigenvalue weighted by Gasteiger charge is 2.39. The molecule has 2 atom stereocenters. The van der Waals surface area contributed by atoms with Crippen LogP contribution in [0.2, 0.25) is 0 Å². The van der Waals surface area contributed by atoms with Crippen LogP contribution in [-0.2, 0) is 34.8 Å². The predicted molar refractivity (Wildman–Crippen MR) is 109 cm³/mol. The molecule has 0 aliphatic carbocycles. The van der Waals surface area contributed by atoms with Gasteiger partial charge in [-0.05, 0) is 38.8 Å². The van der Waals surface area contributed by atoms with Gasteiger partial charge in [0.05, 0.1) is 24.5 Å². The molecule has 5 nitrogen and oxygen atoms in total. The summed E-state index contributed by atoms with van der Waals surface area (Å²) in [5.74, 6) is 0. The first-order valence-corrected chi connectivity index (χ1v) is 12.5. The highest BCUT2D eigenvalue weighted by molar-refractivity contribution is 7.66. The van der Waals surface area contributed by atoms with Gasteiger partial charge < -0.3 is 9.05 Å². The van der Waals surface area contributed by atoms with Crippen molar-refractivity contribution in [3.8, 4) is 0 Å². The lowest BCUT2D eigenvalue weighted by Gasteiger charge is -2.27. The van der Waals surface area contributed by atoms with Crippen molar-refractivity contribution in [2.75, 3.05) is 0 Å². The summed E-state index contributed by atoms with van der Waals surface area (Å²) in [6, 6.07) is 18.5. The van der Waals surface area contributed by atoms with Crippen LogP contribution in [0, 0.1) is 0 Å². The van der Waals surface area contributed by atoms with Crippen LogP contribution >= 0.6 is 15.2 Å². The van der Waals surface area contributed by atoms with Crippen molar-refractivity contribution in [1.29, 1.82) is 0 Å². The highest BCUT2D eigenvalue weighted by atomic mass is 31.3. The van der Waals surface area contributed by atoms with Gasteiger partial charge in [0.25, 0.3) is 0 Å². The van der Waals surface area contributed by atoms with Crippen molar-refractivity contribution in [3.63, 3.8) is 0 Å². The van der Waals surface area contributed by atoms with E-state index in [1.165, 1.54) is 0 Å². The smallest absolute Gasteiger partial charge is 0.305 e. The van der Waals surface area contributed by atoms with E-state index < -0.39 is 15.2 Å². The van der Waals surface area contributed by atoms with E-state index in [4.69, 9.17) is 13.4 Å². The minimum Gasteiger partial charge on any atom is -0.305 e. The topological polar surface area (TPSA) is 61.8 Å². The van der Waals surface area contributed by atoms with Gasteiger partial charge in [-0.3, -0.25) is 9.13 Å². The Hall–Kier alpha value is -1.22. The maximum atomic E-state index is 13.5. The number of rotatable bonds is 10. The molecule has 0 bridgehead atoms. The molecule has 0 aromatic heterocycles. The zero-order valence-corrected chi connectivity index (χ0v) is 18.1. The Labute approximate surface area is 162 Å². The maximum Gasteiger partial charge on any atom is 0.342 e. The lowest BCUT2D eigenvalue weighted by atomic mass is 10.2. The molecule has 2 aromatic rings. The quantitative estimate of drug-likeness (QED) is 0.411. The summed E-state index contributed by atoms with van der Waals surface area (Å²) in [6.45, 7) is 7.08. The first-order valence-electron chi connectivity index (χ1n) is 9.04. The molecule has 2 rings (SSSR count). The van der Waals surface area contributed by atoms with Crippen LogP contribution in [0.3, 0.4) is 0 Å². The summed E-state index contributed by atoms with van der Waals surface area (Å²) in [7, 11) is -7.40. The van der Waals surface area contributed by atoms with Crippen molar-refractivity contribution in [1.82, 2.24) is 0 Å². The van der Waals surface area contributed by atoms with E-state index in [0.29, 0.717) is 0 Å². The Morgan fingerprint density at radius 2 is 1.00 bits per heavy atom. The van der Waals surface area contributed by atoms with E-state index in [1.807, 2.05) is 60.7 Å². The van der Waals surface area contributed by atoms with E-state index in [1.54, 1.807) is 27.7 Å². The zero-order valence-electron chi connectivity index (χ0n) is 16.3. The van der Waals surface area contributed by atoms with E-state index in [-0.39, 0.29) is 24.5 Å². The van der Waals surface area contributed by atoms with Gasteiger partial charge in [0.2, 0.25) is 0 Å². The Morgan fingerprint density at radius 1 is 0.667 bits per heavy atom. The molecular weight excluding hydrogens is 382 g/mol.